The lowest BCUT2D eigenvalue weighted by Gasteiger charge is -2.01. The summed E-state index contributed by atoms with van der Waals surface area (Å²) in [6, 6.07) is 5.83. The SMILES string of the molecule is Cl.NCc1cc(C(=O)NCCc2ccc(I)s2)co1. The van der Waals surface area contributed by atoms with E-state index in [4.69, 9.17) is 10.2 Å². The summed E-state index contributed by atoms with van der Waals surface area (Å²) in [4.78, 5) is 13.0. The van der Waals surface area contributed by atoms with Crippen LogP contribution in [0.5, 0.6) is 0 Å². The van der Waals surface area contributed by atoms with E-state index in [-0.39, 0.29) is 18.3 Å². The lowest BCUT2D eigenvalue weighted by molar-refractivity contribution is 0.0953. The Hall–Kier alpha value is -0.570. The van der Waals surface area contributed by atoms with Crippen LogP contribution < -0.4 is 11.1 Å². The highest BCUT2D eigenvalue weighted by Crippen LogP contribution is 2.18. The molecule has 0 unspecified atom stereocenters. The second-order valence-electron chi connectivity index (χ2n) is 3.72. The van der Waals surface area contributed by atoms with Gasteiger partial charge in [-0.3, -0.25) is 4.79 Å². The van der Waals surface area contributed by atoms with E-state index in [0.717, 1.165) is 6.42 Å². The number of hydrogen-bond acceptors (Lipinski definition) is 4. The molecule has 2 aromatic rings. The summed E-state index contributed by atoms with van der Waals surface area (Å²) in [6.07, 6.45) is 2.28. The Morgan fingerprint density at radius 2 is 2.26 bits per heavy atom. The summed E-state index contributed by atoms with van der Waals surface area (Å²) < 4.78 is 6.38. The molecule has 104 valence electrons. The zero-order valence-electron chi connectivity index (χ0n) is 10.0. The van der Waals surface area contributed by atoms with Gasteiger partial charge in [0.1, 0.15) is 12.0 Å². The second kappa shape index (κ2) is 7.88. The molecule has 2 rings (SSSR count). The summed E-state index contributed by atoms with van der Waals surface area (Å²) >= 11 is 4.03. The molecule has 3 N–H and O–H groups in total. The third kappa shape index (κ3) is 4.79. The molecule has 0 radical (unpaired) electrons. The van der Waals surface area contributed by atoms with Crippen LogP contribution in [-0.2, 0) is 13.0 Å². The third-order valence-corrected chi connectivity index (χ3v) is 4.36. The molecule has 0 saturated heterocycles. The van der Waals surface area contributed by atoms with Crippen LogP contribution in [0.3, 0.4) is 0 Å². The van der Waals surface area contributed by atoms with Gasteiger partial charge in [-0.25, -0.2) is 0 Å². The summed E-state index contributed by atoms with van der Waals surface area (Å²) in [6.45, 7) is 0.930. The molecule has 4 nitrogen and oxygen atoms in total. The third-order valence-electron chi connectivity index (χ3n) is 2.40. The molecule has 0 aromatic carbocycles. The minimum Gasteiger partial charge on any atom is -0.467 e. The highest BCUT2D eigenvalue weighted by Gasteiger charge is 2.09. The van der Waals surface area contributed by atoms with E-state index in [2.05, 4.69) is 40.0 Å². The van der Waals surface area contributed by atoms with Crippen LogP contribution in [0.2, 0.25) is 0 Å². The van der Waals surface area contributed by atoms with E-state index in [0.29, 0.717) is 24.4 Å². The van der Waals surface area contributed by atoms with Gasteiger partial charge in [-0.05, 0) is 47.2 Å². The molecular weight excluding hydrogens is 399 g/mol. The largest absolute Gasteiger partial charge is 0.467 e. The lowest BCUT2D eigenvalue weighted by atomic mass is 10.3. The molecule has 19 heavy (non-hydrogen) atoms. The summed E-state index contributed by atoms with van der Waals surface area (Å²) in [5.41, 5.74) is 5.94. The van der Waals surface area contributed by atoms with Crippen LogP contribution in [0.25, 0.3) is 0 Å². The zero-order chi connectivity index (χ0) is 13.0. The topological polar surface area (TPSA) is 68.3 Å². The number of amides is 1. The van der Waals surface area contributed by atoms with Crippen molar-refractivity contribution in [3.63, 3.8) is 0 Å². The average molecular weight is 413 g/mol. The van der Waals surface area contributed by atoms with Gasteiger partial charge in [-0.15, -0.1) is 23.7 Å². The normalized spacial score (nSPS) is 10.0. The van der Waals surface area contributed by atoms with Crippen molar-refractivity contribution in [2.45, 2.75) is 13.0 Å². The van der Waals surface area contributed by atoms with E-state index in [1.54, 1.807) is 17.4 Å². The van der Waals surface area contributed by atoms with Crippen molar-refractivity contribution in [1.82, 2.24) is 5.32 Å². The molecule has 0 bridgehead atoms. The first-order chi connectivity index (χ1) is 8.69. The first kappa shape index (κ1) is 16.5. The molecule has 0 spiro atoms. The van der Waals surface area contributed by atoms with E-state index in [1.807, 2.05) is 0 Å². The molecule has 0 aliphatic rings. The van der Waals surface area contributed by atoms with Gasteiger partial charge in [0.25, 0.3) is 5.91 Å². The van der Waals surface area contributed by atoms with E-state index in [1.165, 1.54) is 14.0 Å². The van der Waals surface area contributed by atoms with Crippen LogP contribution in [0.15, 0.2) is 28.9 Å². The van der Waals surface area contributed by atoms with Crippen LogP contribution in [0.4, 0.5) is 0 Å². The molecule has 0 aliphatic heterocycles. The van der Waals surface area contributed by atoms with E-state index < -0.39 is 0 Å². The first-order valence-electron chi connectivity index (χ1n) is 5.49. The molecule has 2 aromatic heterocycles. The number of carbonyl (C=O) groups is 1. The van der Waals surface area contributed by atoms with Crippen LogP contribution in [-0.4, -0.2) is 12.5 Å². The molecule has 1 amide bonds. The van der Waals surface area contributed by atoms with Gasteiger partial charge in [-0.1, -0.05) is 0 Å². The maximum Gasteiger partial charge on any atom is 0.254 e. The van der Waals surface area contributed by atoms with Crippen molar-refractivity contribution in [2.24, 2.45) is 5.73 Å². The Kier molecular flexibility index (Phi) is 6.84. The van der Waals surface area contributed by atoms with Gasteiger partial charge in [0, 0.05) is 11.4 Å². The van der Waals surface area contributed by atoms with Crippen LogP contribution in [0, 0.1) is 2.88 Å². The van der Waals surface area contributed by atoms with Gasteiger partial charge in [0.2, 0.25) is 0 Å². The van der Waals surface area contributed by atoms with E-state index >= 15 is 0 Å². The number of thiophene rings is 1. The maximum atomic E-state index is 11.8. The number of nitrogens with two attached hydrogens (primary N) is 1. The Morgan fingerprint density at radius 3 is 2.84 bits per heavy atom. The number of carbonyl (C=O) groups excluding carboxylic acids is 1. The maximum absolute atomic E-state index is 11.8. The highest BCUT2D eigenvalue weighted by molar-refractivity contribution is 14.1. The van der Waals surface area contributed by atoms with Crippen molar-refractivity contribution >= 4 is 52.2 Å². The monoisotopic (exact) mass is 412 g/mol. The number of hydrogen-bond donors (Lipinski definition) is 2. The Bertz CT molecular complexity index is 541. The summed E-state index contributed by atoms with van der Waals surface area (Å²) in [7, 11) is 0. The highest BCUT2D eigenvalue weighted by atomic mass is 127. The van der Waals surface area contributed by atoms with Gasteiger partial charge >= 0.3 is 0 Å². The zero-order valence-corrected chi connectivity index (χ0v) is 13.8. The Labute approximate surface area is 135 Å². The fraction of sp³-hybridized carbons (Fsp3) is 0.250. The van der Waals surface area contributed by atoms with Gasteiger partial charge in [0.15, 0.2) is 0 Å². The van der Waals surface area contributed by atoms with Crippen molar-refractivity contribution in [3.05, 3.63) is 43.5 Å². The Balaban J connectivity index is 0.00000180. The lowest BCUT2D eigenvalue weighted by Crippen LogP contribution is -2.25. The standard InChI is InChI=1S/C12H13IN2O2S.ClH/c13-11-2-1-10(18-11)3-4-15-12(16)8-5-9(6-14)17-7-8;/h1-2,5,7H,3-4,6,14H2,(H,15,16);1H. The molecule has 2 heterocycles. The molecular formula is C12H14ClIN2O2S. The minimum atomic E-state index is -0.121. The predicted octanol–water partition coefficient (Wildman–Crippen LogP) is 2.80. The van der Waals surface area contributed by atoms with Crippen molar-refractivity contribution in [3.8, 4) is 0 Å². The van der Waals surface area contributed by atoms with Gasteiger partial charge in [-0.2, -0.15) is 0 Å². The van der Waals surface area contributed by atoms with Crippen LogP contribution in [0.1, 0.15) is 21.0 Å². The second-order valence-corrected chi connectivity index (χ2v) is 6.78. The van der Waals surface area contributed by atoms with Crippen molar-refractivity contribution in [1.29, 1.82) is 0 Å². The number of halogens is 2. The molecule has 0 saturated carbocycles. The number of rotatable bonds is 5. The molecule has 0 aliphatic carbocycles. The fourth-order valence-corrected chi connectivity index (χ4v) is 3.25. The predicted molar refractivity (Wildman–Crippen MR) is 86.9 cm³/mol. The number of nitrogens with one attached hydrogen (secondary N) is 1. The van der Waals surface area contributed by atoms with Gasteiger partial charge < -0.3 is 15.5 Å². The summed E-state index contributed by atoms with van der Waals surface area (Å²) in [5, 5.41) is 2.86. The Morgan fingerprint density at radius 1 is 1.47 bits per heavy atom. The van der Waals surface area contributed by atoms with E-state index in [9.17, 15) is 4.79 Å². The number of furan rings is 1. The molecule has 0 fully saturated rings. The van der Waals surface area contributed by atoms with Crippen molar-refractivity contribution < 1.29 is 9.21 Å². The van der Waals surface area contributed by atoms with Crippen molar-refractivity contribution in [2.75, 3.05) is 6.54 Å². The molecule has 0 atom stereocenters. The van der Waals surface area contributed by atoms with Gasteiger partial charge in [0.05, 0.1) is 15.0 Å². The molecule has 7 heteroatoms. The minimum absolute atomic E-state index is 0. The average Bonchev–Trinajstić information content (AvgIpc) is 2.98. The first-order valence-corrected chi connectivity index (χ1v) is 7.38. The fourth-order valence-electron chi connectivity index (χ4n) is 1.49. The smallest absolute Gasteiger partial charge is 0.254 e. The van der Waals surface area contributed by atoms with Crippen LogP contribution >= 0.6 is 46.3 Å². The summed E-state index contributed by atoms with van der Waals surface area (Å²) in [5.74, 6) is 0.498. The quantitative estimate of drug-likeness (QED) is 0.742.